The molecule has 0 saturated carbocycles. The van der Waals surface area contributed by atoms with E-state index in [1.807, 2.05) is 0 Å². The van der Waals surface area contributed by atoms with Crippen molar-refractivity contribution in [1.29, 1.82) is 0 Å². The van der Waals surface area contributed by atoms with Crippen LogP contribution in [0, 0.1) is 13.8 Å². The van der Waals surface area contributed by atoms with Gasteiger partial charge in [-0.3, -0.25) is 0 Å². The van der Waals surface area contributed by atoms with E-state index >= 15 is 0 Å². The number of aryl methyl sites for hydroxylation is 2. The molecule has 1 aliphatic heterocycles. The highest BCUT2D eigenvalue weighted by atomic mass is 32.2. The Balaban J connectivity index is 2.47. The Hall–Kier alpha value is -1.38. The number of methoxy groups -OCH3 is 1. The minimum atomic E-state index is -3.80. The zero-order chi connectivity index (χ0) is 15.8. The summed E-state index contributed by atoms with van der Waals surface area (Å²) >= 11 is 0. The van der Waals surface area contributed by atoms with Gasteiger partial charge in [0.2, 0.25) is 10.0 Å². The number of sulfonamides is 1. The molecule has 1 fully saturated rings. The Kier molecular flexibility index (Phi) is 4.40. The van der Waals surface area contributed by atoms with Gasteiger partial charge in [0, 0.05) is 19.1 Å². The van der Waals surface area contributed by atoms with Crippen molar-refractivity contribution in [3.8, 4) is 0 Å². The van der Waals surface area contributed by atoms with E-state index in [1.165, 1.54) is 18.3 Å². The number of esters is 1. The van der Waals surface area contributed by atoms with Gasteiger partial charge in [-0.15, -0.1) is 0 Å². The van der Waals surface area contributed by atoms with Crippen LogP contribution in [0.2, 0.25) is 0 Å². The van der Waals surface area contributed by atoms with Crippen molar-refractivity contribution in [1.82, 2.24) is 4.31 Å². The normalized spacial score (nSPS) is 17.9. The first-order valence-corrected chi connectivity index (χ1v) is 8.17. The van der Waals surface area contributed by atoms with Crippen molar-refractivity contribution in [3.63, 3.8) is 0 Å². The van der Waals surface area contributed by atoms with Gasteiger partial charge in [0.25, 0.3) is 0 Å². The second-order valence-electron chi connectivity index (χ2n) is 5.15. The van der Waals surface area contributed by atoms with E-state index in [0.717, 1.165) is 0 Å². The molecule has 0 aromatic carbocycles. The first kappa shape index (κ1) is 16.0. The lowest BCUT2D eigenvalue weighted by Gasteiger charge is -2.29. The zero-order valence-electron chi connectivity index (χ0n) is 12.4. The lowest BCUT2D eigenvalue weighted by Crippen LogP contribution is -2.43. The molecule has 2 N–H and O–H groups in total. The number of hydrogen-bond donors (Lipinski definition) is 1. The number of carbonyl (C=O) groups excluding carboxylic acids is 1. The van der Waals surface area contributed by atoms with Gasteiger partial charge in [-0.2, -0.15) is 4.31 Å². The third-order valence-electron chi connectivity index (χ3n) is 3.69. The number of carbonyl (C=O) groups is 1. The molecule has 0 atom stereocenters. The minimum absolute atomic E-state index is 0.0173. The number of nitrogens with zero attached hydrogens (tertiary/aromatic N) is 1. The quantitative estimate of drug-likeness (QED) is 0.827. The third-order valence-corrected chi connectivity index (χ3v) is 5.74. The topological polar surface area (TPSA) is 103 Å². The van der Waals surface area contributed by atoms with Gasteiger partial charge >= 0.3 is 5.97 Å². The molecule has 0 bridgehead atoms. The first-order valence-electron chi connectivity index (χ1n) is 6.73. The molecule has 0 spiro atoms. The zero-order valence-corrected chi connectivity index (χ0v) is 13.2. The summed E-state index contributed by atoms with van der Waals surface area (Å²) in [6, 6.07) is 0.0173. The van der Waals surface area contributed by atoms with Crippen molar-refractivity contribution in [2.45, 2.75) is 37.6 Å². The summed E-state index contributed by atoms with van der Waals surface area (Å²) in [7, 11) is -2.59. The van der Waals surface area contributed by atoms with Crippen LogP contribution < -0.4 is 5.73 Å². The molecule has 0 unspecified atom stereocenters. The Morgan fingerprint density at radius 2 is 1.86 bits per heavy atom. The molecular weight excluding hydrogens is 296 g/mol. The van der Waals surface area contributed by atoms with E-state index in [0.29, 0.717) is 25.9 Å². The molecule has 2 heterocycles. The maximum Gasteiger partial charge on any atom is 0.342 e. The fraction of sp³-hybridized carbons (Fsp3) is 0.615. The summed E-state index contributed by atoms with van der Waals surface area (Å²) in [6.45, 7) is 3.76. The monoisotopic (exact) mass is 316 g/mol. The Morgan fingerprint density at radius 1 is 1.29 bits per heavy atom. The fourth-order valence-electron chi connectivity index (χ4n) is 2.56. The minimum Gasteiger partial charge on any atom is -0.465 e. The number of hydrogen-bond acceptors (Lipinski definition) is 6. The average molecular weight is 316 g/mol. The SMILES string of the molecule is COC(=O)c1c(C)oc(C)c1S(=O)(=O)N1CCC(N)CC1. The van der Waals surface area contributed by atoms with Crippen LogP contribution in [0.3, 0.4) is 0 Å². The fourth-order valence-corrected chi connectivity index (χ4v) is 4.40. The number of ether oxygens (including phenoxy) is 1. The van der Waals surface area contributed by atoms with E-state index in [2.05, 4.69) is 4.74 Å². The van der Waals surface area contributed by atoms with Crippen LogP contribution in [0.1, 0.15) is 34.7 Å². The molecule has 1 aromatic heterocycles. The first-order chi connectivity index (χ1) is 9.78. The molecule has 0 amide bonds. The summed E-state index contributed by atoms with van der Waals surface area (Å²) < 4.78 is 36.9. The molecule has 2 rings (SSSR count). The number of rotatable bonds is 3. The van der Waals surface area contributed by atoms with Crippen LogP contribution in [0.4, 0.5) is 0 Å². The second-order valence-corrected chi connectivity index (χ2v) is 7.03. The molecule has 1 aliphatic rings. The Labute approximate surface area is 124 Å². The maximum atomic E-state index is 12.8. The van der Waals surface area contributed by atoms with E-state index in [-0.39, 0.29) is 28.0 Å². The van der Waals surface area contributed by atoms with Crippen molar-refractivity contribution >= 4 is 16.0 Å². The molecule has 0 aliphatic carbocycles. The van der Waals surface area contributed by atoms with Crippen molar-refractivity contribution in [2.75, 3.05) is 20.2 Å². The van der Waals surface area contributed by atoms with Gasteiger partial charge in [0.05, 0.1) is 7.11 Å². The highest BCUT2D eigenvalue weighted by molar-refractivity contribution is 7.89. The van der Waals surface area contributed by atoms with Crippen LogP contribution in [-0.4, -0.2) is 44.9 Å². The number of nitrogens with two attached hydrogens (primary N) is 1. The summed E-state index contributed by atoms with van der Waals surface area (Å²) in [5, 5.41) is 0. The van der Waals surface area contributed by atoms with E-state index in [1.54, 1.807) is 6.92 Å². The average Bonchev–Trinajstić information content (AvgIpc) is 2.73. The summed E-state index contributed by atoms with van der Waals surface area (Å²) in [4.78, 5) is 11.8. The van der Waals surface area contributed by atoms with Gasteiger partial charge in [-0.1, -0.05) is 0 Å². The summed E-state index contributed by atoms with van der Waals surface area (Å²) in [5.41, 5.74) is 5.78. The van der Waals surface area contributed by atoms with Gasteiger partial charge in [-0.25, -0.2) is 13.2 Å². The standard InChI is InChI=1S/C13H20N2O5S/c1-8-11(13(16)19-3)12(9(2)20-8)21(17,18)15-6-4-10(14)5-7-15/h10H,4-7,14H2,1-3H3. The highest BCUT2D eigenvalue weighted by Gasteiger charge is 2.36. The van der Waals surface area contributed by atoms with Crippen LogP contribution in [-0.2, 0) is 14.8 Å². The molecule has 7 nitrogen and oxygen atoms in total. The maximum absolute atomic E-state index is 12.8. The second kappa shape index (κ2) is 5.78. The molecule has 0 radical (unpaired) electrons. The van der Waals surface area contributed by atoms with Crippen LogP contribution in [0.5, 0.6) is 0 Å². The molecule has 1 aromatic rings. The lowest BCUT2D eigenvalue weighted by atomic mass is 10.1. The van der Waals surface area contributed by atoms with E-state index in [4.69, 9.17) is 10.2 Å². The lowest BCUT2D eigenvalue weighted by molar-refractivity contribution is 0.0594. The Bertz CT molecular complexity index is 642. The van der Waals surface area contributed by atoms with Gasteiger partial charge in [-0.05, 0) is 26.7 Å². The molecule has 8 heteroatoms. The highest BCUT2D eigenvalue weighted by Crippen LogP contribution is 2.31. The smallest absolute Gasteiger partial charge is 0.342 e. The van der Waals surface area contributed by atoms with Crippen LogP contribution in [0.15, 0.2) is 9.31 Å². The molecule has 21 heavy (non-hydrogen) atoms. The van der Waals surface area contributed by atoms with E-state index < -0.39 is 16.0 Å². The predicted molar refractivity (Wildman–Crippen MR) is 75.5 cm³/mol. The van der Waals surface area contributed by atoms with E-state index in [9.17, 15) is 13.2 Å². The molecule has 118 valence electrons. The van der Waals surface area contributed by atoms with Gasteiger partial charge < -0.3 is 14.9 Å². The number of piperidine rings is 1. The van der Waals surface area contributed by atoms with Gasteiger partial charge in [0.1, 0.15) is 22.0 Å². The summed E-state index contributed by atoms with van der Waals surface area (Å²) in [6.07, 6.45) is 1.20. The van der Waals surface area contributed by atoms with Crippen molar-refractivity contribution in [2.24, 2.45) is 5.73 Å². The molecular formula is C13H20N2O5S. The van der Waals surface area contributed by atoms with Crippen LogP contribution >= 0.6 is 0 Å². The number of furan rings is 1. The van der Waals surface area contributed by atoms with Crippen molar-refractivity contribution < 1.29 is 22.4 Å². The summed E-state index contributed by atoms with van der Waals surface area (Å²) in [5.74, 6) is -0.272. The Morgan fingerprint density at radius 3 is 2.38 bits per heavy atom. The van der Waals surface area contributed by atoms with Gasteiger partial charge in [0.15, 0.2) is 0 Å². The predicted octanol–water partition coefficient (Wildman–Crippen LogP) is 0.795. The van der Waals surface area contributed by atoms with Crippen LogP contribution in [0.25, 0.3) is 0 Å². The molecule has 1 saturated heterocycles. The van der Waals surface area contributed by atoms with Crippen molar-refractivity contribution in [3.05, 3.63) is 17.1 Å². The largest absolute Gasteiger partial charge is 0.465 e. The third kappa shape index (κ3) is 2.83.